The summed E-state index contributed by atoms with van der Waals surface area (Å²) in [6.45, 7) is 3.41. The summed E-state index contributed by atoms with van der Waals surface area (Å²) in [4.78, 5) is 11.7. The van der Waals surface area contributed by atoms with E-state index in [0.717, 1.165) is 0 Å². The molecule has 0 saturated carbocycles. The van der Waals surface area contributed by atoms with Crippen molar-refractivity contribution >= 4 is 5.97 Å². The molecule has 1 unspecified atom stereocenters. The minimum atomic E-state index is -7.54. The summed E-state index contributed by atoms with van der Waals surface area (Å²) >= 11 is 0. The second-order valence-corrected chi connectivity index (χ2v) is 7.97. The molecule has 3 nitrogen and oxygen atoms in total. The fraction of sp³-hybridized carbons (Fsp3) is 0.824. The summed E-state index contributed by atoms with van der Waals surface area (Å²) in [6.07, 6.45) is -31.8. The molecule has 0 aromatic carbocycles. The van der Waals surface area contributed by atoms with E-state index < -0.39 is 78.4 Å². The molecule has 0 fully saturated rings. The summed E-state index contributed by atoms with van der Waals surface area (Å²) < 4.78 is 191. The summed E-state index contributed by atoms with van der Waals surface area (Å²) in [5.41, 5.74) is -20.2. The maximum Gasteiger partial charge on any atom is 0.435 e. The molecule has 0 aliphatic heterocycles. The first kappa shape index (κ1) is 32.0. The van der Waals surface area contributed by atoms with Crippen LogP contribution >= 0.6 is 0 Å². The maximum absolute atomic E-state index is 14.2. The van der Waals surface area contributed by atoms with Crippen molar-refractivity contribution in [3.63, 3.8) is 0 Å². The molecule has 34 heavy (non-hydrogen) atoms. The molecule has 0 aliphatic carbocycles. The van der Waals surface area contributed by atoms with Crippen LogP contribution in [-0.4, -0.2) is 55.2 Å². The van der Waals surface area contributed by atoms with Gasteiger partial charge in [0, 0.05) is 0 Å². The Kier molecular flexibility index (Phi) is 9.03. The molecule has 0 heterocycles. The van der Waals surface area contributed by atoms with E-state index in [4.69, 9.17) is 0 Å². The number of allylic oxidation sites excluding steroid dienone is 1. The van der Waals surface area contributed by atoms with Gasteiger partial charge >= 0.3 is 42.0 Å². The van der Waals surface area contributed by atoms with E-state index >= 15 is 0 Å². The van der Waals surface area contributed by atoms with Gasteiger partial charge in [-0.1, -0.05) is 27.7 Å². The van der Waals surface area contributed by atoms with Gasteiger partial charge in [0.1, 0.15) is 13.2 Å². The van der Waals surface area contributed by atoms with Gasteiger partial charge in [0.15, 0.2) is 0 Å². The van der Waals surface area contributed by atoms with Crippen molar-refractivity contribution in [3.8, 4) is 0 Å². The number of ether oxygens (including phenoxy) is 2. The number of carbonyl (C=O) groups is 1. The lowest BCUT2D eigenvalue weighted by atomic mass is 9.81. The molecule has 0 aromatic rings. The highest BCUT2D eigenvalue weighted by atomic mass is 19.4. The van der Waals surface area contributed by atoms with Crippen LogP contribution in [0.5, 0.6) is 0 Å². The van der Waals surface area contributed by atoms with Crippen molar-refractivity contribution in [2.24, 2.45) is 11.3 Å². The number of rotatable bonds is 7. The van der Waals surface area contributed by atoms with E-state index in [-0.39, 0.29) is 0 Å². The second-order valence-electron chi connectivity index (χ2n) is 7.97. The van der Waals surface area contributed by atoms with Crippen molar-refractivity contribution in [1.82, 2.24) is 0 Å². The molecule has 17 heteroatoms. The number of hydrogen-bond acceptors (Lipinski definition) is 3. The van der Waals surface area contributed by atoms with Crippen LogP contribution in [0.3, 0.4) is 0 Å². The zero-order chi connectivity index (χ0) is 27.8. The smallest absolute Gasteiger partial charge is 0.435 e. The summed E-state index contributed by atoms with van der Waals surface area (Å²) in [5, 5.41) is 0. The first-order chi connectivity index (χ1) is 14.7. The molecule has 0 spiro atoms. The average Bonchev–Trinajstić information content (AvgIpc) is 2.57. The summed E-state index contributed by atoms with van der Waals surface area (Å²) in [6, 6.07) is 0. The minimum Gasteiger partial charge on any atom is -0.497 e. The fourth-order valence-electron chi connectivity index (χ4n) is 2.14. The zero-order valence-electron chi connectivity index (χ0n) is 17.6. The van der Waals surface area contributed by atoms with Crippen molar-refractivity contribution in [2.75, 3.05) is 13.2 Å². The lowest BCUT2D eigenvalue weighted by molar-refractivity contribution is -0.364. The number of carbonyl (C=O) groups excluding carboxylic acids is 1. The molecule has 0 radical (unpaired) electrons. The molecule has 0 rings (SSSR count). The molecule has 0 saturated heterocycles. The summed E-state index contributed by atoms with van der Waals surface area (Å²) in [7, 11) is 0. The highest BCUT2D eigenvalue weighted by Crippen LogP contribution is 2.60. The Labute approximate surface area is 183 Å². The maximum atomic E-state index is 14.2. The highest BCUT2D eigenvalue weighted by Gasteiger charge is 2.86. The minimum absolute atomic E-state index is 0.717. The highest BCUT2D eigenvalue weighted by molar-refractivity contribution is 5.72. The summed E-state index contributed by atoms with van der Waals surface area (Å²) in [5.74, 6) is -1.90. The van der Waals surface area contributed by atoms with Crippen LogP contribution in [-0.2, 0) is 14.3 Å². The third kappa shape index (κ3) is 6.17. The Balaban J connectivity index is 6.43. The van der Waals surface area contributed by atoms with Crippen LogP contribution in [0.15, 0.2) is 11.8 Å². The van der Waals surface area contributed by atoms with Gasteiger partial charge in [0.25, 0.3) is 0 Å². The van der Waals surface area contributed by atoms with Crippen LogP contribution in [0.25, 0.3) is 0 Å². The van der Waals surface area contributed by atoms with Gasteiger partial charge in [0.2, 0.25) is 0 Å². The van der Waals surface area contributed by atoms with Crippen LogP contribution in [0.2, 0.25) is 0 Å². The van der Waals surface area contributed by atoms with Crippen LogP contribution in [0, 0.1) is 11.3 Å². The SMILES string of the molecule is CC(C(=O)OCCOC=C(C(F)(C(F)(F)F)C(F)(F)F)C(F)(C(F)(F)F)C(F)(F)F)C(C)(C)C. The van der Waals surface area contributed by atoms with Gasteiger partial charge < -0.3 is 9.47 Å². The van der Waals surface area contributed by atoms with Crippen molar-refractivity contribution in [1.29, 1.82) is 0 Å². The van der Waals surface area contributed by atoms with Crippen LogP contribution in [0.4, 0.5) is 61.5 Å². The van der Waals surface area contributed by atoms with Crippen LogP contribution < -0.4 is 0 Å². The molecule has 202 valence electrons. The monoisotopic (exact) mass is 536 g/mol. The zero-order valence-corrected chi connectivity index (χ0v) is 17.6. The number of hydrogen-bond donors (Lipinski definition) is 0. The van der Waals surface area contributed by atoms with Gasteiger partial charge in [-0.05, 0) is 5.41 Å². The topological polar surface area (TPSA) is 35.5 Å². The molecule has 0 aromatic heterocycles. The van der Waals surface area contributed by atoms with E-state index in [1.165, 1.54) is 6.92 Å². The van der Waals surface area contributed by atoms with Crippen molar-refractivity contribution in [2.45, 2.75) is 63.7 Å². The first-order valence-corrected chi connectivity index (χ1v) is 8.81. The Bertz CT molecular complexity index is 669. The van der Waals surface area contributed by atoms with E-state index in [2.05, 4.69) is 9.47 Å². The molecule has 0 amide bonds. The third-order valence-electron chi connectivity index (χ3n) is 4.60. The molecular formula is C17H18F14O3. The van der Waals surface area contributed by atoms with E-state index in [9.17, 15) is 66.3 Å². The van der Waals surface area contributed by atoms with Gasteiger partial charge in [-0.3, -0.25) is 4.79 Å². The predicted octanol–water partition coefficient (Wildman–Crippen LogP) is 6.78. The lowest BCUT2D eigenvalue weighted by Gasteiger charge is -2.39. The van der Waals surface area contributed by atoms with Crippen molar-refractivity contribution < 1.29 is 75.7 Å². The average molecular weight is 536 g/mol. The Morgan fingerprint density at radius 1 is 0.676 bits per heavy atom. The number of alkyl halides is 14. The Morgan fingerprint density at radius 3 is 1.26 bits per heavy atom. The lowest BCUT2D eigenvalue weighted by Crippen LogP contribution is -2.65. The largest absolute Gasteiger partial charge is 0.497 e. The first-order valence-electron chi connectivity index (χ1n) is 8.81. The normalized spacial score (nSPS) is 15.6. The quantitative estimate of drug-likeness (QED) is 0.156. The molecule has 0 aliphatic rings. The van der Waals surface area contributed by atoms with E-state index in [0.29, 0.717) is 0 Å². The van der Waals surface area contributed by atoms with E-state index in [1.54, 1.807) is 20.8 Å². The Hall–Kier alpha value is -1.97. The Morgan fingerprint density at radius 2 is 1.00 bits per heavy atom. The van der Waals surface area contributed by atoms with Crippen LogP contribution in [0.1, 0.15) is 27.7 Å². The van der Waals surface area contributed by atoms with Gasteiger partial charge in [-0.2, -0.15) is 52.7 Å². The fourth-order valence-corrected chi connectivity index (χ4v) is 2.14. The third-order valence-corrected chi connectivity index (χ3v) is 4.60. The van der Waals surface area contributed by atoms with Gasteiger partial charge in [-0.15, -0.1) is 0 Å². The number of esters is 1. The van der Waals surface area contributed by atoms with Gasteiger partial charge in [-0.25, -0.2) is 8.78 Å². The van der Waals surface area contributed by atoms with Crippen molar-refractivity contribution in [3.05, 3.63) is 11.8 Å². The molecule has 0 bridgehead atoms. The second kappa shape index (κ2) is 9.59. The molecule has 0 N–H and O–H groups in total. The molecule has 1 atom stereocenters. The number of halogens is 14. The predicted molar refractivity (Wildman–Crippen MR) is 85.5 cm³/mol. The molecular weight excluding hydrogens is 518 g/mol. The standard InChI is InChI=1S/C17H18F14O3/c1-8(11(2,3)4)10(32)34-6-5-33-7-9(12(18,14(20,21)22)15(23,24)25)13(19,16(26,27)28)17(29,30)31/h7-8H,5-6H2,1-4H3. The van der Waals surface area contributed by atoms with E-state index in [1.807, 2.05) is 0 Å². The van der Waals surface area contributed by atoms with Gasteiger partial charge in [0.05, 0.1) is 17.8 Å².